The number of aromatic nitrogens is 3. The molecule has 1 aliphatic heterocycles. The van der Waals surface area contributed by atoms with Crippen molar-refractivity contribution in [2.24, 2.45) is 0 Å². The monoisotopic (exact) mass is 437 g/mol. The molecule has 0 atom stereocenters. The fraction of sp³-hybridized carbons (Fsp3) is 0.227. The number of halogens is 1. The van der Waals surface area contributed by atoms with E-state index < -0.39 is 0 Å². The SMILES string of the molecule is COc1ccc(-c2ccc(N3CCN(c4nc5ccc(Cl)cc5s4)CC3)nn2)cc1. The zero-order valence-electron chi connectivity index (χ0n) is 16.5. The third kappa shape index (κ3) is 3.78. The number of ether oxygens (including phenoxy) is 1. The van der Waals surface area contributed by atoms with E-state index in [0.717, 1.165) is 69.4 Å². The number of hydrogen-bond acceptors (Lipinski definition) is 7. The summed E-state index contributed by atoms with van der Waals surface area (Å²) in [6, 6.07) is 17.8. The zero-order valence-corrected chi connectivity index (χ0v) is 18.0. The van der Waals surface area contributed by atoms with Crippen LogP contribution in [0.1, 0.15) is 0 Å². The van der Waals surface area contributed by atoms with E-state index in [-0.39, 0.29) is 0 Å². The Labute approximate surface area is 183 Å². The van der Waals surface area contributed by atoms with Gasteiger partial charge in [0.25, 0.3) is 0 Å². The number of thiazole rings is 1. The summed E-state index contributed by atoms with van der Waals surface area (Å²) in [5.41, 5.74) is 2.88. The number of benzene rings is 2. The van der Waals surface area contributed by atoms with E-state index in [1.807, 2.05) is 54.6 Å². The number of fused-ring (bicyclic) bond motifs is 1. The number of nitrogens with zero attached hydrogens (tertiary/aromatic N) is 5. The number of methoxy groups -OCH3 is 1. The van der Waals surface area contributed by atoms with Crippen LogP contribution < -0.4 is 14.5 Å². The van der Waals surface area contributed by atoms with E-state index >= 15 is 0 Å². The second kappa shape index (κ2) is 8.08. The van der Waals surface area contributed by atoms with Gasteiger partial charge in [-0.2, -0.15) is 0 Å². The minimum atomic E-state index is 0.749. The highest BCUT2D eigenvalue weighted by Gasteiger charge is 2.21. The van der Waals surface area contributed by atoms with Gasteiger partial charge in [0.2, 0.25) is 0 Å². The Balaban J connectivity index is 1.25. The number of anilines is 2. The van der Waals surface area contributed by atoms with Crippen LogP contribution in [0.5, 0.6) is 5.75 Å². The molecule has 8 heteroatoms. The van der Waals surface area contributed by atoms with Gasteiger partial charge in [-0.3, -0.25) is 0 Å². The van der Waals surface area contributed by atoms with Gasteiger partial charge in [0.15, 0.2) is 10.9 Å². The Bertz CT molecular complexity index is 1150. The minimum absolute atomic E-state index is 0.749. The Kier molecular flexibility index (Phi) is 5.14. The second-order valence-corrected chi connectivity index (χ2v) is 8.53. The van der Waals surface area contributed by atoms with Gasteiger partial charge in [-0.25, -0.2) is 4.98 Å². The zero-order chi connectivity index (χ0) is 20.5. The van der Waals surface area contributed by atoms with Gasteiger partial charge in [0, 0.05) is 36.8 Å². The molecule has 0 bridgehead atoms. The molecule has 6 nitrogen and oxygen atoms in total. The molecule has 152 valence electrons. The van der Waals surface area contributed by atoms with Gasteiger partial charge >= 0.3 is 0 Å². The van der Waals surface area contributed by atoms with Crippen LogP contribution in [0, 0.1) is 0 Å². The molecule has 30 heavy (non-hydrogen) atoms. The van der Waals surface area contributed by atoms with Crippen LogP contribution in [0.25, 0.3) is 21.5 Å². The molecule has 4 aromatic rings. The Morgan fingerprint density at radius 2 is 1.67 bits per heavy atom. The van der Waals surface area contributed by atoms with E-state index in [1.54, 1.807) is 18.4 Å². The standard InChI is InChI=1S/C22H20ClN5OS/c1-29-17-5-2-15(3-6-17)18-8-9-21(26-25-18)27-10-12-28(13-11-27)22-24-19-7-4-16(23)14-20(19)30-22/h2-9,14H,10-13H2,1H3. The van der Waals surface area contributed by atoms with Crippen LogP contribution in [-0.2, 0) is 0 Å². The molecular weight excluding hydrogens is 418 g/mol. The molecule has 1 saturated heterocycles. The summed E-state index contributed by atoms with van der Waals surface area (Å²) in [4.78, 5) is 9.36. The molecule has 1 fully saturated rings. The molecule has 0 aliphatic carbocycles. The highest BCUT2D eigenvalue weighted by atomic mass is 35.5. The molecule has 0 saturated carbocycles. The van der Waals surface area contributed by atoms with Crippen LogP contribution in [0.4, 0.5) is 10.9 Å². The highest BCUT2D eigenvalue weighted by Crippen LogP contribution is 2.31. The summed E-state index contributed by atoms with van der Waals surface area (Å²) in [7, 11) is 1.66. The number of piperazine rings is 1. The van der Waals surface area contributed by atoms with Crippen molar-refractivity contribution in [2.45, 2.75) is 0 Å². The first-order chi connectivity index (χ1) is 14.7. The molecule has 1 aliphatic rings. The van der Waals surface area contributed by atoms with Crippen LogP contribution in [0.2, 0.25) is 5.02 Å². The van der Waals surface area contributed by atoms with Crippen molar-refractivity contribution < 1.29 is 4.74 Å². The molecule has 0 radical (unpaired) electrons. The van der Waals surface area contributed by atoms with Crippen molar-refractivity contribution >= 4 is 44.1 Å². The van der Waals surface area contributed by atoms with E-state index in [2.05, 4.69) is 20.0 Å². The van der Waals surface area contributed by atoms with Gasteiger partial charge in [-0.05, 0) is 54.6 Å². The molecule has 2 aromatic heterocycles. The highest BCUT2D eigenvalue weighted by molar-refractivity contribution is 7.22. The van der Waals surface area contributed by atoms with Crippen molar-refractivity contribution in [1.29, 1.82) is 0 Å². The first-order valence-electron chi connectivity index (χ1n) is 9.74. The molecule has 5 rings (SSSR count). The van der Waals surface area contributed by atoms with Crippen molar-refractivity contribution in [3.8, 4) is 17.0 Å². The lowest BCUT2D eigenvalue weighted by Gasteiger charge is -2.35. The van der Waals surface area contributed by atoms with Crippen LogP contribution >= 0.6 is 22.9 Å². The van der Waals surface area contributed by atoms with Gasteiger partial charge in [0.1, 0.15) is 5.75 Å². The third-order valence-corrected chi connectivity index (χ3v) is 6.56. The Morgan fingerprint density at radius 3 is 2.37 bits per heavy atom. The molecule has 0 spiro atoms. The predicted molar refractivity (Wildman–Crippen MR) is 123 cm³/mol. The van der Waals surface area contributed by atoms with Crippen molar-refractivity contribution in [3.05, 3.63) is 59.6 Å². The fourth-order valence-electron chi connectivity index (χ4n) is 3.56. The number of rotatable bonds is 4. The van der Waals surface area contributed by atoms with Crippen molar-refractivity contribution in [3.63, 3.8) is 0 Å². The van der Waals surface area contributed by atoms with Gasteiger partial charge in [-0.1, -0.05) is 22.9 Å². The average molecular weight is 438 g/mol. The maximum absolute atomic E-state index is 6.10. The lowest BCUT2D eigenvalue weighted by molar-refractivity contribution is 0.415. The molecule has 3 heterocycles. The second-order valence-electron chi connectivity index (χ2n) is 7.09. The van der Waals surface area contributed by atoms with Crippen LogP contribution in [-0.4, -0.2) is 48.5 Å². The summed E-state index contributed by atoms with van der Waals surface area (Å²) < 4.78 is 6.34. The van der Waals surface area contributed by atoms with E-state index in [0.29, 0.717) is 0 Å². The van der Waals surface area contributed by atoms with E-state index in [4.69, 9.17) is 21.3 Å². The topological polar surface area (TPSA) is 54.4 Å². The first-order valence-corrected chi connectivity index (χ1v) is 10.9. The predicted octanol–water partition coefficient (Wildman–Crippen LogP) is 4.74. The van der Waals surface area contributed by atoms with Gasteiger partial charge in [-0.15, -0.1) is 10.2 Å². The largest absolute Gasteiger partial charge is 0.497 e. The first kappa shape index (κ1) is 19.1. The lowest BCUT2D eigenvalue weighted by Crippen LogP contribution is -2.46. The minimum Gasteiger partial charge on any atom is -0.497 e. The quantitative estimate of drug-likeness (QED) is 0.459. The molecule has 0 amide bonds. The van der Waals surface area contributed by atoms with Gasteiger partial charge in [0.05, 0.1) is 23.0 Å². The Hall–Kier alpha value is -2.90. The summed E-state index contributed by atoms with van der Waals surface area (Å²) in [5.74, 6) is 1.74. The smallest absolute Gasteiger partial charge is 0.186 e. The summed E-state index contributed by atoms with van der Waals surface area (Å²) in [5, 5.41) is 10.7. The van der Waals surface area contributed by atoms with Crippen LogP contribution in [0.3, 0.4) is 0 Å². The average Bonchev–Trinajstić information content (AvgIpc) is 3.23. The maximum atomic E-state index is 6.10. The normalized spacial score (nSPS) is 14.3. The molecule has 0 unspecified atom stereocenters. The van der Waals surface area contributed by atoms with Crippen LogP contribution in [0.15, 0.2) is 54.6 Å². The summed E-state index contributed by atoms with van der Waals surface area (Å²) >= 11 is 7.80. The summed E-state index contributed by atoms with van der Waals surface area (Å²) in [6.45, 7) is 3.56. The van der Waals surface area contributed by atoms with Crippen molar-refractivity contribution in [1.82, 2.24) is 15.2 Å². The van der Waals surface area contributed by atoms with Gasteiger partial charge < -0.3 is 14.5 Å². The number of hydrogen-bond donors (Lipinski definition) is 0. The fourth-order valence-corrected chi connectivity index (χ4v) is 4.85. The molecular formula is C22H20ClN5OS. The summed E-state index contributed by atoms with van der Waals surface area (Å²) in [6.07, 6.45) is 0. The molecule has 0 N–H and O–H groups in total. The van der Waals surface area contributed by atoms with E-state index in [1.165, 1.54) is 0 Å². The lowest BCUT2D eigenvalue weighted by atomic mass is 10.1. The molecule has 2 aromatic carbocycles. The third-order valence-electron chi connectivity index (χ3n) is 5.25. The van der Waals surface area contributed by atoms with Crippen molar-refractivity contribution in [2.75, 3.05) is 43.1 Å². The maximum Gasteiger partial charge on any atom is 0.186 e. The Morgan fingerprint density at radius 1 is 0.900 bits per heavy atom. The van der Waals surface area contributed by atoms with E-state index in [9.17, 15) is 0 Å².